The maximum absolute atomic E-state index is 12.8. The van der Waals surface area contributed by atoms with E-state index in [0.717, 1.165) is 17.0 Å². The lowest BCUT2D eigenvalue weighted by Crippen LogP contribution is -2.36. The highest BCUT2D eigenvalue weighted by atomic mass is 32.1. The molecule has 132 valence electrons. The normalized spacial score (nSPS) is 17.1. The number of nitrogens with zero attached hydrogens (tertiary/aromatic N) is 2. The van der Waals surface area contributed by atoms with E-state index in [-0.39, 0.29) is 17.8 Å². The number of nitrogens with one attached hydrogen (secondary N) is 2. The molecule has 1 aliphatic heterocycles. The Morgan fingerprint density at radius 3 is 2.92 bits per heavy atom. The predicted octanol–water partition coefficient (Wildman–Crippen LogP) is 3.08. The van der Waals surface area contributed by atoms with Crippen molar-refractivity contribution in [3.8, 4) is 0 Å². The summed E-state index contributed by atoms with van der Waals surface area (Å²) in [5.41, 5.74) is -0.144. The van der Waals surface area contributed by atoms with Gasteiger partial charge in [-0.05, 0) is 18.6 Å². The molecule has 2 heterocycles. The molecule has 0 bridgehead atoms. The highest BCUT2D eigenvalue weighted by molar-refractivity contribution is 7.15. The third-order valence-corrected chi connectivity index (χ3v) is 4.44. The molecule has 0 spiro atoms. The van der Waals surface area contributed by atoms with Gasteiger partial charge in [0, 0.05) is 23.5 Å². The second-order valence-corrected chi connectivity index (χ2v) is 6.81. The lowest BCUT2D eigenvalue weighted by molar-refractivity contribution is -0.137. The molecule has 1 unspecified atom stereocenters. The Kier molecular flexibility index (Phi) is 4.76. The van der Waals surface area contributed by atoms with E-state index in [9.17, 15) is 18.0 Å². The largest absolute Gasteiger partial charge is 0.416 e. The minimum atomic E-state index is -4.37. The average Bonchev–Trinajstić information content (AvgIpc) is 3.16. The van der Waals surface area contributed by atoms with Gasteiger partial charge in [0.2, 0.25) is 0 Å². The molecule has 0 fully saturated rings. The number of amides is 1. The summed E-state index contributed by atoms with van der Waals surface area (Å²) in [5.74, 6) is -0.105. The van der Waals surface area contributed by atoms with Crippen LogP contribution >= 0.6 is 11.3 Å². The van der Waals surface area contributed by atoms with Gasteiger partial charge in [-0.15, -0.1) is 11.3 Å². The first-order valence-corrected chi connectivity index (χ1v) is 8.36. The fourth-order valence-electron chi connectivity index (χ4n) is 2.35. The summed E-state index contributed by atoms with van der Waals surface area (Å²) in [6.45, 7) is 2.46. The van der Waals surface area contributed by atoms with Crippen LogP contribution in [0.1, 0.15) is 22.9 Å². The summed E-state index contributed by atoms with van der Waals surface area (Å²) in [6.07, 6.45) is -2.50. The maximum Gasteiger partial charge on any atom is 0.416 e. The molecule has 3 rings (SSSR count). The fraction of sp³-hybridized carbons (Fsp3) is 0.312. The second kappa shape index (κ2) is 6.83. The zero-order chi connectivity index (χ0) is 18.0. The molecule has 9 heteroatoms. The highest BCUT2D eigenvalue weighted by Gasteiger charge is 2.30. The highest BCUT2D eigenvalue weighted by Crippen LogP contribution is 2.30. The van der Waals surface area contributed by atoms with Gasteiger partial charge in [0.1, 0.15) is 0 Å². The molecule has 2 N–H and O–H groups in total. The number of amidine groups is 1. The zero-order valence-corrected chi connectivity index (χ0v) is 14.0. The van der Waals surface area contributed by atoms with Crippen molar-refractivity contribution in [2.24, 2.45) is 4.99 Å². The Balaban J connectivity index is 1.65. The molecule has 5 nitrogen and oxygen atoms in total. The van der Waals surface area contributed by atoms with Gasteiger partial charge < -0.3 is 5.32 Å². The number of aromatic nitrogens is 1. The summed E-state index contributed by atoms with van der Waals surface area (Å²) < 4.78 is 38.3. The SMILES string of the molecule is CC1CN=C(C(=O)Nc2ncc(Cc3cccc(C(F)(F)F)c3)s2)N1. The summed E-state index contributed by atoms with van der Waals surface area (Å²) in [7, 11) is 0. The average molecular weight is 368 g/mol. The fourth-order valence-corrected chi connectivity index (χ4v) is 3.19. The van der Waals surface area contributed by atoms with E-state index >= 15 is 0 Å². The van der Waals surface area contributed by atoms with E-state index < -0.39 is 11.7 Å². The molecule has 0 saturated carbocycles. The number of thiazole rings is 1. The van der Waals surface area contributed by atoms with Gasteiger partial charge >= 0.3 is 6.18 Å². The number of hydrogen-bond donors (Lipinski definition) is 2. The maximum atomic E-state index is 12.8. The Bertz CT molecular complexity index is 816. The van der Waals surface area contributed by atoms with Gasteiger partial charge in [-0.2, -0.15) is 13.2 Å². The standard InChI is InChI=1S/C16H15F3N4OS/c1-9-7-20-13(22-9)14(24)23-15-21-8-12(25-15)6-10-3-2-4-11(5-10)16(17,18)19/h2-5,8-9H,6-7H2,1H3,(H,20,22)(H,21,23,24). The number of carbonyl (C=O) groups is 1. The molecule has 1 amide bonds. The molecule has 0 saturated heterocycles. The molecular formula is C16H15F3N4OS. The Hall–Kier alpha value is -2.42. The van der Waals surface area contributed by atoms with E-state index in [0.29, 0.717) is 23.7 Å². The van der Waals surface area contributed by atoms with Crippen molar-refractivity contribution in [3.63, 3.8) is 0 Å². The van der Waals surface area contributed by atoms with Crippen molar-refractivity contribution in [2.75, 3.05) is 11.9 Å². The predicted molar refractivity (Wildman–Crippen MR) is 89.9 cm³/mol. The van der Waals surface area contributed by atoms with E-state index in [2.05, 4.69) is 20.6 Å². The lowest BCUT2D eigenvalue weighted by atomic mass is 10.1. The zero-order valence-electron chi connectivity index (χ0n) is 13.2. The van der Waals surface area contributed by atoms with Crippen molar-refractivity contribution in [1.82, 2.24) is 10.3 Å². The van der Waals surface area contributed by atoms with Crippen LogP contribution < -0.4 is 10.6 Å². The van der Waals surface area contributed by atoms with E-state index in [4.69, 9.17) is 0 Å². The number of aliphatic imine (C=N–C) groups is 1. The number of rotatable bonds is 4. The third kappa shape index (κ3) is 4.36. The molecule has 2 aromatic rings. The number of halogens is 3. The molecule has 1 aromatic carbocycles. The van der Waals surface area contributed by atoms with Gasteiger partial charge in [0.25, 0.3) is 5.91 Å². The van der Waals surface area contributed by atoms with Crippen LogP contribution in [-0.2, 0) is 17.4 Å². The molecular weight excluding hydrogens is 353 g/mol. The number of anilines is 1. The summed E-state index contributed by atoms with van der Waals surface area (Å²) >= 11 is 1.22. The number of benzene rings is 1. The van der Waals surface area contributed by atoms with Crippen LogP contribution in [-0.4, -0.2) is 29.3 Å². The van der Waals surface area contributed by atoms with Gasteiger partial charge in [0.15, 0.2) is 11.0 Å². The molecule has 1 aromatic heterocycles. The van der Waals surface area contributed by atoms with Gasteiger partial charge in [-0.1, -0.05) is 18.2 Å². The van der Waals surface area contributed by atoms with Crippen LogP contribution in [0.3, 0.4) is 0 Å². The third-order valence-electron chi connectivity index (χ3n) is 3.53. The van der Waals surface area contributed by atoms with Crippen molar-refractivity contribution in [2.45, 2.75) is 25.6 Å². The Labute approximate surface area is 146 Å². The summed E-state index contributed by atoms with van der Waals surface area (Å²) in [6, 6.07) is 5.29. The minimum Gasteiger partial charge on any atom is -0.361 e. The van der Waals surface area contributed by atoms with Crippen molar-refractivity contribution >= 4 is 28.2 Å². The van der Waals surface area contributed by atoms with Gasteiger partial charge in [-0.3, -0.25) is 15.1 Å². The summed E-state index contributed by atoms with van der Waals surface area (Å²) in [4.78, 5) is 21.0. The van der Waals surface area contributed by atoms with Crippen LogP contribution in [0.5, 0.6) is 0 Å². The van der Waals surface area contributed by atoms with E-state index in [1.54, 1.807) is 12.3 Å². The van der Waals surface area contributed by atoms with Gasteiger partial charge in [0.05, 0.1) is 12.1 Å². The first-order valence-electron chi connectivity index (χ1n) is 7.54. The lowest BCUT2D eigenvalue weighted by Gasteiger charge is -2.07. The first-order chi connectivity index (χ1) is 11.8. The van der Waals surface area contributed by atoms with Crippen LogP contribution in [0.15, 0.2) is 35.5 Å². The smallest absolute Gasteiger partial charge is 0.361 e. The Morgan fingerprint density at radius 1 is 1.44 bits per heavy atom. The number of carbonyl (C=O) groups excluding carboxylic acids is 1. The quantitative estimate of drug-likeness (QED) is 0.872. The van der Waals surface area contributed by atoms with Crippen LogP contribution in [0.4, 0.5) is 18.3 Å². The van der Waals surface area contributed by atoms with Crippen molar-refractivity contribution in [1.29, 1.82) is 0 Å². The number of alkyl halides is 3. The second-order valence-electron chi connectivity index (χ2n) is 5.70. The number of hydrogen-bond acceptors (Lipinski definition) is 5. The Morgan fingerprint density at radius 2 is 2.24 bits per heavy atom. The van der Waals surface area contributed by atoms with E-state index in [1.165, 1.54) is 17.4 Å². The van der Waals surface area contributed by atoms with Crippen LogP contribution in [0.25, 0.3) is 0 Å². The molecule has 0 radical (unpaired) electrons. The van der Waals surface area contributed by atoms with Gasteiger partial charge in [-0.25, -0.2) is 4.98 Å². The van der Waals surface area contributed by atoms with E-state index in [1.807, 2.05) is 6.92 Å². The van der Waals surface area contributed by atoms with Crippen LogP contribution in [0.2, 0.25) is 0 Å². The molecule has 0 aliphatic carbocycles. The van der Waals surface area contributed by atoms with Crippen LogP contribution in [0, 0.1) is 0 Å². The minimum absolute atomic E-state index is 0.119. The topological polar surface area (TPSA) is 66.4 Å². The molecule has 1 atom stereocenters. The molecule has 1 aliphatic rings. The van der Waals surface area contributed by atoms with Crippen molar-refractivity contribution < 1.29 is 18.0 Å². The summed E-state index contributed by atoms with van der Waals surface area (Å²) in [5, 5.41) is 5.98. The first kappa shape index (κ1) is 17.4. The van der Waals surface area contributed by atoms with Crippen molar-refractivity contribution in [3.05, 3.63) is 46.5 Å². The monoisotopic (exact) mass is 368 g/mol. The molecule has 25 heavy (non-hydrogen) atoms.